The molecule has 0 unspecified atom stereocenters. The Kier molecular flexibility index (Phi) is 4.45. The Labute approximate surface area is 144 Å². The number of hydrogen-bond donors (Lipinski definition) is 0. The van der Waals surface area contributed by atoms with Gasteiger partial charge in [-0.15, -0.1) is 0 Å². The second-order valence-electron chi connectivity index (χ2n) is 5.30. The lowest BCUT2D eigenvalue weighted by atomic mass is 10.1. The molecule has 2 nitrogen and oxygen atoms in total. The smallest absolute Gasteiger partial charge is 0.0998 e. The average molecular weight is 363 g/mol. The molecule has 0 saturated heterocycles. The number of para-hydroxylation sites is 1. The van der Waals surface area contributed by atoms with Crippen molar-refractivity contribution < 1.29 is 0 Å². The van der Waals surface area contributed by atoms with Crippen LogP contribution < -0.4 is 0 Å². The van der Waals surface area contributed by atoms with E-state index in [-0.39, 0.29) is 0 Å². The minimum absolute atomic E-state index is 0.655. The van der Waals surface area contributed by atoms with E-state index in [2.05, 4.69) is 57.9 Å². The molecule has 0 atom stereocenters. The summed E-state index contributed by atoms with van der Waals surface area (Å²) < 4.78 is 3.13. The molecule has 1 aromatic heterocycles. The molecule has 0 saturated carbocycles. The summed E-state index contributed by atoms with van der Waals surface area (Å²) in [6.45, 7) is 2.07. The van der Waals surface area contributed by atoms with Crippen LogP contribution in [0.4, 0.5) is 0 Å². The molecule has 3 aromatic rings. The number of rotatable bonds is 3. The fourth-order valence-corrected chi connectivity index (χ4v) is 2.79. The van der Waals surface area contributed by atoms with Crippen LogP contribution in [-0.4, -0.2) is 4.57 Å². The molecule has 0 radical (unpaired) electrons. The quantitative estimate of drug-likeness (QED) is 0.556. The molecule has 0 aliphatic heterocycles. The van der Waals surface area contributed by atoms with Crippen LogP contribution in [0, 0.1) is 18.3 Å². The van der Waals surface area contributed by atoms with Crippen LogP contribution in [0.1, 0.15) is 16.8 Å². The number of benzene rings is 2. The molecule has 23 heavy (non-hydrogen) atoms. The summed E-state index contributed by atoms with van der Waals surface area (Å²) in [6.07, 6.45) is 3.98. The number of aromatic nitrogens is 1. The lowest BCUT2D eigenvalue weighted by Gasteiger charge is -2.04. The van der Waals surface area contributed by atoms with Gasteiger partial charge in [0.05, 0.1) is 11.6 Å². The van der Waals surface area contributed by atoms with Gasteiger partial charge in [0.15, 0.2) is 0 Å². The topological polar surface area (TPSA) is 28.7 Å². The largest absolute Gasteiger partial charge is 0.321 e. The van der Waals surface area contributed by atoms with E-state index in [0.717, 1.165) is 27.0 Å². The lowest BCUT2D eigenvalue weighted by molar-refractivity contribution is 1.02. The molecule has 0 fully saturated rings. The van der Waals surface area contributed by atoms with Crippen LogP contribution in [0.15, 0.2) is 71.3 Å². The first-order valence-electron chi connectivity index (χ1n) is 7.29. The van der Waals surface area contributed by atoms with E-state index in [1.165, 1.54) is 0 Å². The molecule has 0 spiro atoms. The van der Waals surface area contributed by atoms with Gasteiger partial charge in [-0.1, -0.05) is 46.3 Å². The molecule has 2 aromatic carbocycles. The fourth-order valence-electron chi connectivity index (χ4n) is 2.52. The standard InChI is InChI=1S/C20H15BrN2/c1-15-11-16(14-23(15)20-5-3-2-4-6-20)12-18(13-22)17-7-9-19(21)10-8-17/h2-12,14H,1H3/b18-12+. The van der Waals surface area contributed by atoms with Crippen LogP contribution in [0.2, 0.25) is 0 Å². The summed E-state index contributed by atoms with van der Waals surface area (Å²) in [4.78, 5) is 0. The first-order valence-corrected chi connectivity index (χ1v) is 8.09. The zero-order chi connectivity index (χ0) is 16.2. The van der Waals surface area contributed by atoms with Crippen molar-refractivity contribution in [2.45, 2.75) is 6.92 Å². The minimum Gasteiger partial charge on any atom is -0.321 e. The molecule has 0 bridgehead atoms. The normalized spacial score (nSPS) is 11.3. The SMILES string of the molecule is Cc1cc(/C=C(\C#N)c2ccc(Br)cc2)cn1-c1ccccc1. The van der Waals surface area contributed by atoms with Crippen molar-refractivity contribution >= 4 is 27.6 Å². The zero-order valence-electron chi connectivity index (χ0n) is 12.7. The van der Waals surface area contributed by atoms with E-state index in [1.807, 2.05) is 48.5 Å². The first kappa shape index (κ1) is 15.3. The van der Waals surface area contributed by atoms with Gasteiger partial charge < -0.3 is 4.57 Å². The van der Waals surface area contributed by atoms with Crippen LogP contribution in [0.25, 0.3) is 17.3 Å². The second kappa shape index (κ2) is 6.68. The highest BCUT2D eigenvalue weighted by molar-refractivity contribution is 9.10. The summed E-state index contributed by atoms with van der Waals surface area (Å²) in [5.41, 5.74) is 4.84. The van der Waals surface area contributed by atoms with Crippen LogP contribution in [-0.2, 0) is 0 Å². The van der Waals surface area contributed by atoms with Crippen molar-refractivity contribution in [2.24, 2.45) is 0 Å². The molecule has 3 rings (SSSR count). The van der Waals surface area contributed by atoms with E-state index >= 15 is 0 Å². The van der Waals surface area contributed by atoms with Gasteiger partial charge in [0.25, 0.3) is 0 Å². The van der Waals surface area contributed by atoms with Gasteiger partial charge in [0, 0.05) is 22.1 Å². The predicted molar refractivity (Wildman–Crippen MR) is 98.1 cm³/mol. The van der Waals surface area contributed by atoms with Gasteiger partial charge in [-0.3, -0.25) is 0 Å². The van der Waals surface area contributed by atoms with Crippen molar-refractivity contribution in [3.05, 3.63) is 88.2 Å². The van der Waals surface area contributed by atoms with Gasteiger partial charge in [0.2, 0.25) is 0 Å². The third-order valence-electron chi connectivity index (χ3n) is 3.65. The molecule has 112 valence electrons. The van der Waals surface area contributed by atoms with E-state index in [9.17, 15) is 5.26 Å². The molecule has 0 aliphatic rings. The first-order chi connectivity index (χ1) is 11.2. The Morgan fingerprint density at radius 1 is 1.09 bits per heavy atom. The lowest BCUT2D eigenvalue weighted by Crippen LogP contribution is -1.92. The molecular weight excluding hydrogens is 348 g/mol. The van der Waals surface area contributed by atoms with Crippen molar-refractivity contribution in [3.8, 4) is 11.8 Å². The van der Waals surface area contributed by atoms with Gasteiger partial charge in [-0.2, -0.15) is 5.26 Å². The summed E-state index contributed by atoms with van der Waals surface area (Å²) in [5, 5.41) is 9.47. The van der Waals surface area contributed by atoms with E-state index in [0.29, 0.717) is 5.57 Å². The zero-order valence-corrected chi connectivity index (χ0v) is 14.3. The summed E-state index contributed by atoms with van der Waals surface area (Å²) in [6, 6.07) is 22.3. The maximum absolute atomic E-state index is 9.47. The van der Waals surface area contributed by atoms with Crippen molar-refractivity contribution in [2.75, 3.05) is 0 Å². The van der Waals surface area contributed by atoms with Gasteiger partial charge in [-0.25, -0.2) is 0 Å². The highest BCUT2D eigenvalue weighted by Crippen LogP contribution is 2.22. The third kappa shape index (κ3) is 3.44. The predicted octanol–water partition coefficient (Wildman–Crippen LogP) is 5.61. The van der Waals surface area contributed by atoms with Gasteiger partial charge in [-0.05, 0) is 54.5 Å². The van der Waals surface area contributed by atoms with E-state index in [4.69, 9.17) is 0 Å². The number of nitrogens with zero attached hydrogens (tertiary/aromatic N) is 2. The van der Waals surface area contributed by atoms with Crippen molar-refractivity contribution in [1.82, 2.24) is 4.57 Å². The Balaban J connectivity index is 1.99. The van der Waals surface area contributed by atoms with Crippen LogP contribution in [0.3, 0.4) is 0 Å². The Morgan fingerprint density at radius 3 is 2.43 bits per heavy atom. The monoisotopic (exact) mass is 362 g/mol. The second-order valence-corrected chi connectivity index (χ2v) is 6.21. The number of hydrogen-bond acceptors (Lipinski definition) is 1. The molecule has 0 N–H and O–H groups in total. The summed E-state index contributed by atoms with van der Waals surface area (Å²) in [7, 11) is 0. The highest BCUT2D eigenvalue weighted by atomic mass is 79.9. The van der Waals surface area contributed by atoms with Crippen molar-refractivity contribution in [3.63, 3.8) is 0 Å². The molecular formula is C20H15BrN2. The maximum atomic E-state index is 9.47. The highest BCUT2D eigenvalue weighted by Gasteiger charge is 2.05. The molecule has 3 heteroatoms. The van der Waals surface area contributed by atoms with Gasteiger partial charge >= 0.3 is 0 Å². The van der Waals surface area contributed by atoms with Crippen LogP contribution >= 0.6 is 15.9 Å². The average Bonchev–Trinajstić information content (AvgIpc) is 2.95. The molecule has 0 amide bonds. The Hall–Kier alpha value is -2.57. The van der Waals surface area contributed by atoms with E-state index < -0.39 is 0 Å². The van der Waals surface area contributed by atoms with Crippen LogP contribution in [0.5, 0.6) is 0 Å². The van der Waals surface area contributed by atoms with Crippen molar-refractivity contribution in [1.29, 1.82) is 5.26 Å². The van der Waals surface area contributed by atoms with E-state index in [1.54, 1.807) is 0 Å². The summed E-state index contributed by atoms with van der Waals surface area (Å²) >= 11 is 3.42. The molecule has 1 heterocycles. The Bertz CT molecular complexity index is 882. The Morgan fingerprint density at radius 2 is 1.78 bits per heavy atom. The number of allylic oxidation sites excluding steroid dienone is 1. The fraction of sp³-hybridized carbons (Fsp3) is 0.0500. The number of halogens is 1. The number of aryl methyl sites for hydroxylation is 1. The summed E-state index contributed by atoms with van der Waals surface area (Å²) in [5.74, 6) is 0. The third-order valence-corrected chi connectivity index (χ3v) is 4.18. The molecule has 0 aliphatic carbocycles. The maximum Gasteiger partial charge on any atom is 0.0998 e. The van der Waals surface area contributed by atoms with Gasteiger partial charge in [0.1, 0.15) is 0 Å². The number of nitriles is 1. The minimum atomic E-state index is 0.655.